The number of carbonyl (C=O) groups excluding carboxylic acids is 2. The molecule has 0 unspecified atom stereocenters. The van der Waals surface area contributed by atoms with Gasteiger partial charge in [0.1, 0.15) is 17.2 Å². The molecule has 162 valence electrons. The Kier molecular flexibility index (Phi) is 5.69. The second-order valence-electron chi connectivity index (χ2n) is 7.47. The highest BCUT2D eigenvalue weighted by Gasteiger charge is 2.41. The molecule has 2 amide bonds. The molecule has 0 radical (unpaired) electrons. The third kappa shape index (κ3) is 3.60. The minimum absolute atomic E-state index is 0.229. The highest BCUT2D eigenvalue weighted by Crippen LogP contribution is 2.39. The lowest BCUT2D eigenvalue weighted by Gasteiger charge is -2.19. The van der Waals surface area contributed by atoms with Crippen molar-refractivity contribution in [1.29, 1.82) is 0 Å². The maximum atomic E-state index is 13.6. The van der Waals surface area contributed by atoms with E-state index >= 15 is 0 Å². The second-order valence-corrected chi connectivity index (χ2v) is 7.47. The number of carbonyl (C=O) groups is 2. The van der Waals surface area contributed by atoms with Crippen LogP contribution in [-0.2, 0) is 9.59 Å². The molecule has 0 aromatic heterocycles. The Morgan fingerprint density at radius 3 is 2.25 bits per heavy atom. The lowest BCUT2D eigenvalue weighted by atomic mass is 10.0. The Bertz CT molecular complexity index is 1230. The lowest BCUT2D eigenvalue weighted by Crippen LogP contribution is -2.32. The summed E-state index contributed by atoms with van der Waals surface area (Å²) >= 11 is 0. The van der Waals surface area contributed by atoms with Crippen molar-refractivity contribution in [2.24, 2.45) is 0 Å². The first-order valence-corrected chi connectivity index (χ1v) is 10.2. The largest absolute Gasteiger partial charge is 0.497 e. The van der Waals surface area contributed by atoms with E-state index in [-0.39, 0.29) is 5.70 Å². The van der Waals surface area contributed by atoms with Gasteiger partial charge in [0.25, 0.3) is 11.8 Å². The molecule has 1 heterocycles. The quantitative estimate of drug-likeness (QED) is 0.576. The average Bonchev–Trinajstić information content (AvgIpc) is 3.06. The van der Waals surface area contributed by atoms with E-state index in [9.17, 15) is 9.59 Å². The van der Waals surface area contributed by atoms with Crippen LogP contribution in [0.25, 0.3) is 5.57 Å². The van der Waals surface area contributed by atoms with E-state index in [2.05, 4.69) is 5.32 Å². The normalized spacial score (nSPS) is 13.6. The molecule has 4 rings (SSSR count). The summed E-state index contributed by atoms with van der Waals surface area (Å²) in [6, 6.07) is 20.0. The first kappa shape index (κ1) is 21.2. The van der Waals surface area contributed by atoms with Crippen LogP contribution < -0.4 is 19.7 Å². The van der Waals surface area contributed by atoms with Gasteiger partial charge in [0, 0.05) is 11.8 Å². The minimum atomic E-state index is -0.446. The predicted molar refractivity (Wildman–Crippen MR) is 125 cm³/mol. The molecule has 0 bridgehead atoms. The number of rotatable bonds is 6. The van der Waals surface area contributed by atoms with Crippen molar-refractivity contribution in [3.63, 3.8) is 0 Å². The van der Waals surface area contributed by atoms with Crippen LogP contribution in [0.2, 0.25) is 0 Å². The van der Waals surface area contributed by atoms with Crippen LogP contribution in [0.4, 0.5) is 11.4 Å². The van der Waals surface area contributed by atoms with Crippen molar-refractivity contribution in [2.45, 2.75) is 13.8 Å². The molecule has 1 N–H and O–H groups in total. The summed E-state index contributed by atoms with van der Waals surface area (Å²) in [7, 11) is 3.03. The van der Waals surface area contributed by atoms with Crippen molar-refractivity contribution in [3.8, 4) is 11.5 Å². The van der Waals surface area contributed by atoms with Crippen LogP contribution in [0.5, 0.6) is 11.5 Å². The standard InChI is InChI=1S/C26H24N2O4/c1-16-9-8-12-20(17(16)2)27-24-23(18-10-6-5-7-11-18)25(29)28(26(24)30)21-14-13-19(31-3)15-22(21)32-4/h5-15,27H,1-4H3. The molecular weight excluding hydrogens is 404 g/mol. The summed E-state index contributed by atoms with van der Waals surface area (Å²) in [5.74, 6) is 0.0665. The highest BCUT2D eigenvalue weighted by molar-refractivity contribution is 6.46. The fraction of sp³-hybridized carbons (Fsp3) is 0.154. The number of amides is 2. The molecule has 0 aliphatic carbocycles. The third-order valence-corrected chi connectivity index (χ3v) is 5.64. The highest BCUT2D eigenvalue weighted by atomic mass is 16.5. The number of benzene rings is 3. The summed E-state index contributed by atoms with van der Waals surface area (Å²) in [4.78, 5) is 28.4. The molecule has 3 aromatic carbocycles. The lowest BCUT2D eigenvalue weighted by molar-refractivity contribution is -0.120. The van der Waals surface area contributed by atoms with Crippen molar-refractivity contribution in [1.82, 2.24) is 0 Å². The molecule has 0 fully saturated rings. The van der Waals surface area contributed by atoms with Crippen molar-refractivity contribution >= 4 is 28.8 Å². The van der Waals surface area contributed by atoms with Crippen LogP contribution in [0.3, 0.4) is 0 Å². The summed E-state index contributed by atoms with van der Waals surface area (Å²) in [5.41, 5.74) is 4.43. The summed E-state index contributed by atoms with van der Waals surface area (Å²) in [6.07, 6.45) is 0. The van der Waals surface area contributed by atoms with E-state index in [1.807, 2.05) is 62.4 Å². The van der Waals surface area contributed by atoms with Gasteiger partial charge in [-0.15, -0.1) is 0 Å². The van der Waals surface area contributed by atoms with Crippen LogP contribution >= 0.6 is 0 Å². The Morgan fingerprint density at radius 2 is 1.56 bits per heavy atom. The number of aryl methyl sites for hydroxylation is 1. The van der Waals surface area contributed by atoms with Gasteiger partial charge >= 0.3 is 0 Å². The molecule has 3 aromatic rings. The molecule has 0 atom stereocenters. The number of anilines is 2. The third-order valence-electron chi connectivity index (χ3n) is 5.64. The van der Waals surface area contributed by atoms with Crippen molar-refractivity contribution in [3.05, 3.63) is 89.1 Å². The van der Waals surface area contributed by atoms with E-state index in [4.69, 9.17) is 9.47 Å². The number of methoxy groups -OCH3 is 2. The maximum Gasteiger partial charge on any atom is 0.282 e. The fourth-order valence-corrected chi connectivity index (χ4v) is 3.73. The van der Waals surface area contributed by atoms with Crippen molar-refractivity contribution < 1.29 is 19.1 Å². The van der Waals surface area contributed by atoms with E-state index in [0.29, 0.717) is 28.3 Å². The summed E-state index contributed by atoms with van der Waals surface area (Å²) in [5, 5.41) is 3.24. The van der Waals surface area contributed by atoms with Crippen LogP contribution in [0.15, 0.2) is 72.4 Å². The smallest absolute Gasteiger partial charge is 0.282 e. The van der Waals surface area contributed by atoms with Gasteiger partial charge < -0.3 is 14.8 Å². The first-order chi connectivity index (χ1) is 15.5. The molecule has 1 aliphatic heterocycles. The molecule has 32 heavy (non-hydrogen) atoms. The Labute approximate surface area is 187 Å². The topological polar surface area (TPSA) is 67.9 Å². The summed E-state index contributed by atoms with van der Waals surface area (Å²) < 4.78 is 10.7. The van der Waals surface area contributed by atoms with Crippen LogP contribution in [0, 0.1) is 13.8 Å². The number of hydrogen-bond donors (Lipinski definition) is 1. The maximum absolute atomic E-state index is 13.6. The molecule has 6 nitrogen and oxygen atoms in total. The van der Waals surface area contributed by atoms with Crippen molar-refractivity contribution in [2.75, 3.05) is 24.4 Å². The van der Waals surface area contributed by atoms with E-state index < -0.39 is 11.8 Å². The molecule has 0 saturated carbocycles. The zero-order chi connectivity index (χ0) is 22.8. The van der Waals surface area contributed by atoms with Gasteiger partial charge in [0.05, 0.1) is 25.5 Å². The van der Waals surface area contributed by atoms with Gasteiger partial charge in [0.15, 0.2) is 0 Å². The van der Waals surface area contributed by atoms with E-state index in [1.165, 1.54) is 7.11 Å². The average molecular weight is 428 g/mol. The monoisotopic (exact) mass is 428 g/mol. The van der Waals surface area contributed by atoms with Gasteiger partial charge in [-0.3, -0.25) is 9.59 Å². The zero-order valence-electron chi connectivity index (χ0n) is 18.4. The molecule has 0 saturated heterocycles. The molecule has 1 aliphatic rings. The number of imide groups is 1. The predicted octanol–water partition coefficient (Wildman–Crippen LogP) is 4.72. The van der Waals surface area contributed by atoms with E-state index in [0.717, 1.165) is 21.7 Å². The fourth-order valence-electron chi connectivity index (χ4n) is 3.73. The van der Waals surface area contributed by atoms with Gasteiger partial charge in [0.2, 0.25) is 0 Å². The SMILES string of the molecule is COc1ccc(N2C(=O)C(Nc3cccc(C)c3C)=C(c3ccccc3)C2=O)c(OC)c1. The second kappa shape index (κ2) is 8.59. The Morgan fingerprint density at radius 1 is 0.812 bits per heavy atom. The summed E-state index contributed by atoms with van der Waals surface area (Å²) in [6.45, 7) is 3.98. The van der Waals surface area contributed by atoms with Gasteiger partial charge in [-0.2, -0.15) is 0 Å². The molecular formula is C26H24N2O4. The Hall–Kier alpha value is -4.06. The first-order valence-electron chi connectivity index (χ1n) is 10.2. The van der Waals surface area contributed by atoms with Gasteiger partial charge in [-0.25, -0.2) is 4.90 Å². The number of hydrogen-bond acceptors (Lipinski definition) is 5. The zero-order valence-corrected chi connectivity index (χ0v) is 18.4. The molecule has 6 heteroatoms. The van der Waals surface area contributed by atoms with Gasteiger partial charge in [-0.05, 0) is 48.7 Å². The van der Waals surface area contributed by atoms with Crippen LogP contribution in [0.1, 0.15) is 16.7 Å². The number of nitrogens with zero attached hydrogens (tertiary/aromatic N) is 1. The van der Waals surface area contributed by atoms with Gasteiger partial charge in [-0.1, -0.05) is 42.5 Å². The molecule has 0 spiro atoms. The van der Waals surface area contributed by atoms with Crippen LogP contribution in [-0.4, -0.2) is 26.0 Å². The Balaban J connectivity index is 1.85. The number of ether oxygens (including phenoxy) is 2. The minimum Gasteiger partial charge on any atom is -0.497 e. The number of nitrogens with one attached hydrogen (secondary N) is 1. The van der Waals surface area contributed by atoms with E-state index in [1.54, 1.807) is 25.3 Å².